The van der Waals surface area contributed by atoms with Gasteiger partial charge in [0.2, 0.25) is 4.33 Å². The van der Waals surface area contributed by atoms with Crippen LogP contribution in [-0.2, 0) is 4.33 Å². The van der Waals surface area contributed by atoms with Gasteiger partial charge in [0.1, 0.15) is 0 Å². The molecule has 0 unspecified atom stereocenters. The van der Waals surface area contributed by atoms with Gasteiger partial charge >= 0.3 is 0 Å². The fourth-order valence-electron chi connectivity index (χ4n) is 0.695. The summed E-state index contributed by atoms with van der Waals surface area (Å²) in [5.41, 5.74) is 10.8. The van der Waals surface area contributed by atoms with Gasteiger partial charge in [-0.1, -0.05) is 23.2 Å². The number of hydrogen-bond donors (Lipinski definition) is 2. The van der Waals surface area contributed by atoms with E-state index in [1.54, 1.807) is 6.07 Å². The molecule has 6 heteroatoms. The molecule has 70 valence electrons. The van der Waals surface area contributed by atoms with Gasteiger partial charge in [0.15, 0.2) is 5.82 Å². The minimum absolute atomic E-state index is 0.0991. The van der Waals surface area contributed by atoms with Gasteiger partial charge < -0.3 is 11.5 Å². The Morgan fingerprint density at radius 3 is 2.38 bits per heavy atom. The molecule has 0 radical (unpaired) electrons. The number of alkyl halides is 2. The molecule has 0 amide bonds. The summed E-state index contributed by atoms with van der Waals surface area (Å²) in [6.07, 6.45) is 4.16. The van der Waals surface area contributed by atoms with Crippen LogP contribution < -0.4 is 11.5 Å². The minimum Gasteiger partial charge on any atom is -0.403 e. The highest BCUT2D eigenvalue weighted by atomic mass is 35.5. The maximum atomic E-state index is 5.88. The predicted octanol–water partition coefficient (Wildman–Crippen LogP) is 0.866. The highest BCUT2D eigenvalue weighted by Crippen LogP contribution is 2.35. The van der Waals surface area contributed by atoms with Crippen molar-refractivity contribution in [3.8, 4) is 0 Å². The van der Waals surface area contributed by atoms with E-state index >= 15 is 0 Å². The Hall–Kier alpha value is -1.00. The maximum absolute atomic E-state index is 5.88. The van der Waals surface area contributed by atoms with Gasteiger partial charge in [-0.3, -0.25) is 0 Å². The van der Waals surface area contributed by atoms with E-state index in [2.05, 4.69) is 9.97 Å². The standard InChI is InChI=1S/C7H8Cl2N4/c8-7(9,5(11)4-10)6-12-2-1-3-13-6/h1-4H,10-11H2. The number of aromatic nitrogens is 2. The quantitative estimate of drug-likeness (QED) is 0.723. The largest absolute Gasteiger partial charge is 0.403 e. The average Bonchev–Trinajstić information content (AvgIpc) is 2.18. The van der Waals surface area contributed by atoms with E-state index in [0.29, 0.717) is 0 Å². The Morgan fingerprint density at radius 2 is 1.92 bits per heavy atom. The molecule has 0 fully saturated rings. The van der Waals surface area contributed by atoms with Crippen LogP contribution in [-0.4, -0.2) is 9.97 Å². The smallest absolute Gasteiger partial charge is 0.217 e. The first kappa shape index (κ1) is 10.1. The number of nitrogens with zero attached hydrogens (tertiary/aromatic N) is 2. The van der Waals surface area contributed by atoms with Crippen molar-refractivity contribution in [3.63, 3.8) is 0 Å². The third kappa shape index (κ3) is 2.02. The molecule has 1 rings (SSSR count). The van der Waals surface area contributed by atoms with Crippen LogP contribution in [0.25, 0.3) is 0 Å². The Labute approximate surface area is 85.6 Å². The van der Waals surface area contributed by atoms with Crippen LogP contribution in [0.15, 0.2) is 30.4 Å². The second-order valence-corrected chi connectivity index (χ2v) is 3.60. The lowest BCUT2D eigenvalue weighted by molar-refractivity contribution is 0.849. The maximum Gasteiger partial charge on any atom is 0.217 e. The van der Waals surface area contributed by atoms with Crippen LogP contribution >= 0.6 is 23.2 Å². The molecule has 0 saturated heterocycles. The molecule has 13 heavy (non-hydrogen) atoms. The van der Waals surface area contributed by atoms with Crippen molar-refractivity contribution < 1.29 is 0 Å². The van der Waals surface area contributed by atoms with Crippen molar-refractivity contribution in [2.24, 2.45) is 11.5 Å². The number of allylic oxidation sites excluding steroid dienone is 1. The van der Waals surface area contributed by atoms with Crippen molar-refractivity contribution >= 4 is 23.2 Å². The molecule has 4 nitrogen and oxygen atoms in total. The van der Waals surface area contributed by atoms with Gasteiger partial charge in [-0.2, -0.15) is 0 Å². The topological polar surface area (TPSA) is 77.8 Å². The van der Waals surface area contributed by atoms with Crippen LogP contribution in [0, 0.1) is 0 Å². The molecule has 0 aliphatic heterocycles. The van der Waals surface area contributed by atoms with Crippen LogP contribution in [0.2, 0.25) is 0 Å². The lowest BCUT2D eigenvalue weighted by atomic mass is 10.3. The molecule has 0 atom stereocenters. The Morgan fingerprint density at radius 1 is 1.38 bits per heavy atom. The third-order valence-corrected chi connectivity index (χ3v) is 2.16. The Kier molecular flexibility index (Phi) is 2.95. The fraction of sp³-hybridized carbons (Fsp3) is 0.143. The van der Waals surface area contributed by atoms with Crippen molar-refractivity contribution in [3.05, 3.63) is 36.2 Å². The van der Waals surface area contributed by atoms with Crippen molar-refractivity contribution in [1.82, 2.24) is 9.97 Å². The highest BCUT2D eigenvalue weighted by Gasteiger charge is 2.32. The second kappa shape index (κ2) is 3.81. The van der Waals surface area contributed by atoms with Crippen LogP contribution in [0.5, 0.6) is 0 Å². The van der Waals surface area contributed by atoms with E-state index in [0.717, 1.165) is 6.20 Å². The Balaban J connectivity index is 3.08. The summed E-state index contributed by atoms with van der Waals surface area (Å²) >= 11 is 11.8. The van der Waals surface area contributed by atoms with E-state index < -0.39 is 4.33 Å². The molecular weight excluding hydrogens is 211 g/mol. The first-order valence-corrected chi connectivity index (χ1v) is 4.17. The van der Waals surface area contributed by atoms with Gasteiger partial charge in [0.05, 0.1) is 5.70 Å². The normalized spacial score (nSPS) is 12.9. The molecule has 4 N–H and O–H groups in total. The zero-order valence-corrected chi connectivity index (χ0v) is 8.13. The number of nitrogens with two attached hydrogens (primary N) is 2. The zero-order chi connectivity index (χ0) is 9.90. The fourth-order valence-corrected chi connectivity index (χ4v) is 1.02. The van der Waals surface area contributed by atoms with E-state index in [-0.39, 0.29) is 11.5 Å². The number of halogens is 2. The van der Waals surface area contributed by atoms with E-state index in [1.165, 1.54) is 12.4 Å². The molecule has 0 aliphatic carbocycles. The van der Waals surface area contributed by atoms with Gasteiger partial charge in [0, 0.05) is 18.6 Å². The number of rotatable bonds is 2. The zero-order valence-electron chi connectivity index (χ0n) is 6.61. The highest BCUT2D eigenvalue weighted by molar-refractivity contribution is 6.49. The SMILES string of the molecule is NC=C(N)C(Cl)(Cl)c1ncccn1. The van der Waals surface area contributed by atoms with Crippen LogP contribution in [0.4, 0.5) is 0 Å². The molecule has 0 spiro atoms. The van der Waals surface area contributed by atoms with Gasteiger partial charge in [0.25, 0.3) is 0 Å². The second-order valence-electron chi connectivity index (χ2n) is 2.27. The average molecular weight is 219 g/mol. The molecule has 0 bridgehead atoms. The first-order chi connectivity index (χ1) is 6.09. The van der Waals surface area contributed by atoms with Crippen LogP contribution in [0.1, 0.15) is 5.82 Å². The molecule has 1 heterocycles. The lowest BCUT2D eigenvalue weighted by Gasteiger charge is -2.17. The summed E-state index contributed by atoms with van der Waals surface area (Å²) in [5, 5.41) is 0. The summed E-state index contributed by atoms with van der Waals surface area (Å²) < 4.78 is -1.46. The van der Waals surface area contributed by atoms with Crippen molar-refractivity contribution in [2.45, 2.75) is 4.33 Å². The molecule has 0 aliphatic rings. The monoisotopic (exact) mass is 218 g/mol. The van der Waals surface area contributed by atoms with Crippen molar-refractivity contribution in [2.75, 3.05) is 0 Å². The van der Waals surface area contributed by atoms with E-state index in [1.807, 2.05) is 0 Å². The molecule has 1 aromatic rings. The molecule has 0 saturated carbocycles. The van der Waals surface area contributed by atoms with Gasteiger partial charge in [-0.25, -0.2) is 9.97 Å². The van der Waals surface area contributed by atoms with Gasteiger partial charge in [-0.15, -0.1) is 0 Å². The summed E-state index contributed by atoms with van der Waals surface area (Å²) in [7, 11) is 0. The number of hydrogen-bond acceptors (Lipinski definition) is 4. The Bertz CT molecular complexity index is 310. The van der Waals surface area contributed by atoms with Crippen LogP contribution in [0.3, 0.4) is 0 Å². The summed E-state index contributed by atoms with van der Waals surface area (Å²) in [5.74, 6) is 0.206. The first-order valence-electron chi connectivity index (χ1n) is 3.42. The summed E-state index contributed by atoms with van der Waals surface area (Å²) in [6.45, 7) is 0. The van der Waals surface area contributed by atoms with E-state index in [4.69, 9.17) is 34.7 Å². The predicted molar refractivity (Wildman–Crippen MR) is 51.9 cm³/mol. The van der Waals surface area contributed by atoms with E-state index in [9.17, 15) is 0 Å². The van der Waals surface area contributed by atoms with Gasteiger partial charge in [-0.05, 0) is 6.07 Å². The molecule has 0 aromatic carbocycles. The molecule has 1 aromatic heterocycles. The third-order valence-electron chi connectivity index (χ3n) is 1.39. The minimum atomic E-state index is -1.46. The van der Waals surface area contributed by atoms with Crippen molar-refractivity contribution in [1.29, 1.82) is 0 Å². The summed E-state index contributed by atoms with van der Waals surface area (Å²) in [6, 6.07) is 1.65. The lowest BCUT2D eigenvalue weighted by Crippen LogP contribution is -2.24. The molecular formula is C7H8Cl2N4. The summed E-state index contributed by atoms with van der Waals surface area (Å²) in [4.78, 5) is 7.74.